The van der Waals surface area contributed by atoms with Gasteiger partial charge in [-0.05, 0) is 51.1 Å². The molecule has 2 rings (SSSR count). The number of carbonyl (C=O) groups is 2. The summed E-state index contributed by atoms with van der Waals surface area (Å²) < 4.78 is 0. The highest BCUT2D eigenvalue weighted by Gasteiger charge is 2.16. The highest BCUT2D eigenvalue weighted by molar-refractivity contribution is 6.05. The molecule has 0 heterocycles. The van der Waals surface area contributed by atoms with E-state index in [0.29, 0.717) is 11.3 Å². The maximum Gasteiger partial charge on any atom is 0.269 e. The van der Waals surface area contributed by atoms with Crippen LogP contribution in [-0.4, -0.2) is 22.3 Å². The first kappa shape index (κ1) is 18.1. The van der Waals surface area contributed by atoms with E-state index in [1.54, 1.807) is 24.3 Å². The molecule has 0 fully saturated rings. The second kappa shape index (κ2) is 7.12. The maximum absolute atomic E-state index is 12.2. The molecule has 0 radical (unpaired) electrons. The number of benzene rings is 2. The number of rotatable bonds is 4. The van der Waals surface area contributed by atoms with Crippen LogP contribution in [0.1, 0.15) is 41.5 Å². The van der Waals surface area contributed by atoms with Gasteiger partial charge in [0, 0.05) is 34.5 Å². The van der Waals surface area contributed by atoms with Crippen LogP contribution in [-0.2, 0) is 0 Å². The van der Waals surface area contributed by atoms with Gasteiger partial charge in [0.05, 0.1) is 4.92 Å². The standard InChI is InChI=1S/C18H19N3O4/c1-18(2,3)20-17(23)13-5-4-6-14(11-13)19-16(22)12-7-9-15(10-8-12)21(24)25/h4-11H,1-3H3,(H,19,22)(H,20,23). The molecule has 0 atom stereocenters. The second-order valence-corrected chi connectivity index (χ2v) is 6.54. The molecule has 7 heteroatoms. The fourth-order valence-corrected chi connectivity index (χ4v) is 2.09. The summed E-state index contributed by atoms with van der Waals surface area (Å²) in [5.74, 6) is -0.651. The van der Waals surface area contributed by atoms with Gasteiger partial charge >= 0.3 is 0 Å². The molecule has 0 aliphatic carbocycles. The van der Waals surface area contributed by atoms with E-state index in [1.165, 1.54) is 24.3 Å². The summed E-state index contributed by atoms with van der Waals surface area (Å²) in [7, 11) is 0. The van der Waals surface area contributed by atoms with Crippen LogP contribution >= 0.6 is 0 Å². The molecule has 0 aromatic heterocycles. The average Bonchev–Trinajstić information content (AvgIpc) is 2.53. The Hall–Kier alpha value is -3.22. The second-order valence-electron chi connectivity index (χ2n) is 6.54. The number of hydrogen-bond donors (Lipinski definition) is 2. The lowest BCUT2D eigenvalue weighted by atomic mass is 10.1. The molecule has 2 aromatic rings. The molecule has 0 saturated heterocycles. The number of amides is 2. The molecule has 2 amide bonds. The van der Waals surface area contributed by atoms with E-state index < -0.39 is 10.8 Å². The number of carbonyl (C=O) groups excluding carboxylic acids is 2. The van der Waals surface area contributed by atoms with Gasteiger partial charge in [0.15, 0.2) is 0 Å². The third-order valence-electron chi connectivity index (χ3n) is 3.21. The zero-order valence-corrected chi connectivity index (χ0v) is 14.2. The van der Waals surface area contributed by atoms with E-state index >= 15 is 0 Å². The number of nitro benzene ring substituents is 1. The van der Waals surface area contributed by atoms with Crippen molar-refractivity contribution in [2.75, 3.05) is 5.32 Å². The summed E-state index contributed by atoms with van der Waals surface area (Å²) in [5, 5.41) is 16.2. The van der Waals surface area contributed by atoms with E-state index in [0.717, 1.165) is 0 Å². The Bertz CT molecular complexity index is 808. The molecule has 130 valence electrons. The molecular weight excluding hydrogens is 322 g/mol. The van der Waals surface area contributed by atoms with Crippen LogP contribution in [0.3, 0.4) is 0 Å². The lowest BCUT2D eigenvalue weighted by Gasteiger charge is -2.20. The number of nitro groups is 1. The SMILES string of the molecule is CC(C)(C)NC(=O)c1cccc(NC(=O)c2ccc([N+](=O)[O-])cc2)c1. The van der Waals surface area contributed by atoms with Gasteiger partial charge in [-0.3, -0.25) is 19.7 Å². The highest BCUT2D eigenvalue weighted by Crippen LogP contribution is 2.16. The maximum atomic E-state index is 12.2. The van der Waals surface area contributed by atoms with Crippen molar-refractivity contribution in [3.63, 3.8) is 0 Å². The van der Waals surface area contributed by atoms with Crippen molar-refractivity contribution in [3.05, 3.63) is 69.8 Å². The number of nitrogens with one attached hydrogen (secondary N) is 2. The van der Waals surface area contributed by atoms with E-state index in [-0.39, 0.29) is 22.7 Å². The van der Waals surface area contributed by atoms with Crippen molar-refractivity contribution in [1.82, 2.24) is 5.32 Å². The zero-order valence-electron chi connectivity index (χ0n) is 14.2. The summed E-state index contributed by atoms with van der Waals surface area (Å²) >= 11 is 0. The van der Waals surface area contributed by atoms with Crippen LogP contribution in [0.15, 0.2) is 48.5 Å². The van der Waals surface area contributed by atoms with Crippen LogP contribution in [0.2, 0.25) is 0 Å². The molecule has 0 saturated carbocycles. The fourth-order valence-electron chi connectivity index (χ4n) is 2.09. The number of anilines is 1. The van der Waals surface area contributed by atoms with Crippen molar-refractivity contribution in [3.8, 4) is 0 Å². The summed E-state index contributed by atoms with van der Waals surface area (Å²) in [5.41, 5.74) is 0.726. The molecule has 0 bridgehead atoms. The van der Waals surface area contributed by atoms with E-state index in [2.05, 4.69) is 10.6 Å². The largest absolute Gasteiger partial charge is 0.347 e. The lowest BCUT2D eigenvalue weighted by molar-refractivity contribution is -0.384. The molecule has 0 unspecified atom stereocenters. The monoisotopic (exact) mass is 341 g/mol. The van der Waals surface area contributed by atoms with Gasteiger partial charge in [0.1, 0.15) is 0 Å². The highest BCUT2D eigenvalue weighted by atomic mass is 16.6. The Morgan fingerprint density at radius 2 is 1.60 bits per heavy atom. The van der Waals surface area contributed by atoms with Crippen molar-refractivity contribution in [2.24, 2.45) is 0 Å². The molecular formula is C18H19N3O4. The topological polar surface area (TPSA) is 101 Å². The third-order valence-corrected chi connectivity index (χ3v) is 3.21. The zero-order chi connectivity index (χ0) is 18.6. The fraction of sp³-hybridized carbons (Fsp3) is 0.222. The van der Waals surface area contributed by atoms with Crippen LogP contribution < -0.4 is 10.6 Å². The van der Waals surface area contributed by atoms with Crippen molar-refractivity contribution in [1.29, 1.82) is 0 Å². The van der Waals surface area contributed by atoms with Gasteiger partial charge in [-0.25, -0.2) is 0 Å². The Morgan fingerprint density at radius 3 is 2.16 bits per heavy atom. The predicted octanol–water partition coefficient (Wildman–Crippen LogP) is 3.38. The molecule has 0 spiro atoms. The Morgan fingerprint density at radius 1 is 0.960 bits per heavy atom. The Kier molecular flexibility index (Phi) is 5.17. The number of nitrogens with zero attached hydrogens (tertiary/aromatic N) is 1. The van der Waals surface area contributed by atoms with E-state index in [1.807, 2.05) is 20.8 Å². The molecule has 2 N–H and O–H groups in total. The van der Waals surface area contributed by atoms with Crippen molar-refractivity contribution in [2.45, 2.75) is 26.3 Å². The minimum absolute atomic E-state index is 0.0857. The van der Waals surface area contributed by atoms with Gasteiger partial charge < -0.3 is 10.6 Å². The van der Waals surface area contributed by atoms with Gasteiger partial charge in [0.2, 0.25) is 0 Å². The molecule has 0 aliphatic rings. The van der Waals surface area contributed by atoms with Crippen LogP contribution in [0.5, 0.6) is 0 Å². The predicted molar refractivity (Wildman–Crippen MR) is 94.7 cm³/mol. The van der Waals surface area contributed by atoms with E-state index in [9.17, 15) is 19.7 Å². The van der Waals surface area contributed by atoms with Gasteiger partial charge in [-0.1, -0.05) is 6.07 Å². The third kappa shape index (κ3) is 5.13. The van der Waals surface area contributed by atoms with Gasteiger partial charge in [-0.2, -0.15) is 0 Å². The molecule has 2 aromatic carbocycles. The minimum Gasteiger partial charge on any atom is -0.347 e. The Labute approximate surface area is 145 Å². The first-order valence-electron chi connectivity index (χ1n) is 7.64. The molecule has 25 heavy (non-hydrogen) atoms. The number of hydrogen-bond acceptors (Lipinski definition) is 4. The lowest BCUT2D eigenvalue weighted by Crippen LogP contribution is -2.40. The first-order chi connectivity index (χ1) is 11.7. The summed E-state index contributed by atoms with van der Waals surface area (Å²) in [6.45, 7) is 5.64. The summed E-state index contributed by atoms with van der Waals surface area (Å²) in [4.78, 5) is 34.5. The average molecular weight is 341 g/mol. The van der Waals surface area contributed by atoms with Crippen molar-refractivity contribution >= 4 is 23.2 Å². The quantitative estimate of drug-likeness (QED) is 0.657. The van der Waals surface area contributed by atoms with E-state index in [4.69, 9.17) is 0 Å². The normalized spacial score (nSPS) is 10.8. The smallest absolute Gasteiger partial charge is 0.269 e. The van der Waals surface area contributed by atoms with Gasteiger partial charge in [0.25, 0.3) is 17.5 Å². The van der Waals surface area contributed by atoms with Crippen LogP contribution in [0.4, 0.5) is 11.4 Å². The molecule has 0 aliphatic heterocycles. The first-order valence-corrected chi connectivity index (χ1v) is 7.64. The van der Waals surface area contributed by atoms with Crippen LogP contribution in [0, 0.1) is 10.1 Å². The summed E-state index contributed by atoms with van der Waals surface area (Å²) in [6.07, 6.45) is 0. The summed E-state index contributed by atoms with van der Waals surface area (Å²) in [6, 6.07) is 11.9. The van der Waals surface area contributed by atoms with Gasteiger partial charge in [-0.15, -0.1) is 0 Å². The number of non-ortho nitro benzene ring substituents is 1. The van der Waals surface area contributed by atoms with Crippen molar-refractivity contribution < 1.29 is 14.5 Å². The Balaban J connectivity index is 2.12. The minimum atomic E-state index is -0.529. The van der Waals surface area contributed by atoms with Crippen LogP contribution in [0.25, 0.3) is 0 Å². The molecule has 7 nitrogen and oxygen atoms in total.